The summed E-state index contributed by atoms with van der Waals surface area (Å²) in [5.74, 6) is 1.07. The maximum absolute atomic E-state index is 6.29. The lowest BCUT2D eigenvalue weighted by Crippen LogP contribution is -2.29. The maximum Gasteiger partial charge on any atom is 0.177 e. The average Bonchev–Trinajstić information content (AvgIpc) is 3.62. The van der Waals surface area contributed by atoms with E-state index in [1.807, 2.05) is 48.8 Å². The van der Waals surface area contributed by atoms with Crippen molar-refractivity contribution in [3.05, 3.63) is 67.1 Å². The van der Waals surface area contributed by atoms with Crippen LogP contribution in [-0.2, 0) is 0 Å². The summed E-state index contributed by atoms with van der Waals surface area (Å²) in [6.45, 7) is 2.04. The highest BCUT2D eigenvalue weighted by molar-refractivity contribution is 6.10. The van der Waals surface area contributed by atoms with Crippen LogP contribution in [0.25, 0.3) is 55.4 Å². The number of rotatable bonds is 3. The van der Waals surface area contributed by atoms with Gasteiger partial charge in [-0.05, 0) is 44.1 Å². The second-order valence-corrected chi connectivity index (χ2v) is 8.88. The third kappa shape index (κ3) is 2.94. The van der Waals surface area contributed by atoms with Gasteiger partial charge in [0, 0.05) is 39.7 Å². The third-order valence-electron chi connectivity index (χ3n) is 6.85. The van der Waals surface area contributed by atoms with Gasteiger partial charge in [0.2, 0.25) is 0 Å². The normalized spacial score (nSPS) is 15.1. The Bertz CT molecular complexity index is 1670. The minimum Gasteiger partial charge on any atom is -0.455 e. The molecule has 6 aromatic rings. The molecule has 7 heteroatoms. The molecule has 7 nitrogen and oxygen atoms in total. The molecule has 3 N–H and O–H groups in total. The van der Waals surface area contributed by atoms with E-state index in [-0.39, 0.29) is 0 Å². The minimum atomic E-state index is 0.368. The van der Waals surface area contributed by atoms with E-state index in [1.165, 1.54) is 0 Å². The smallest absolute Gasteiger partial charge is 0.177 e. The summed E-state index contributed by atoms with van der Waals surface area (Å²) in [5, 5.41) is 11.1. The van der Waals surface area contributed by atoms with E-state index in [0.29, 0.717) is 23.2 Å². The number of nitrogens with zero attached hydrogens (tertiary/aromatic N) is 3. The molecule has 0 aliphatic carbocycles. The van der Waals surface area contributed by atoms with Crippen molar-refractivity contribution in [3.8, 4) is 22.5 Å². The number of nitrogen functional groups attached to an aromatic ring is 1. The van der Waals surface area contributed by atoms with Gasteiger partial charge in [-0.15, -0.1) is 0 Å². The van der Waals surface area contributed by atoms with Crippen LogP contribution in [0.15, 0.2) is 76.0 Å². The quantitative estimate of drug-likeness (QED) is 0.356. The third-order valence-corrected chi connectivity index (χ3v) is 6.85. The molecule has 0 spiro atoms. The maximum atomic E-state index is 6.29. The van der Waals surface area contributed by atoms with Gasteiger partial charge in [0.25, 0.3) is 0 Å². The van der Waals surface area contributed by atoms with Crippen LogP contribution in [0, 0.1) is 0 Å². The Kier molecular flexibility index (Phi) is 4.25. The number of aromatic nitrogens is 3. The number of benzene rings is 2. The molecular formula is C27H23N5O2. The molecule has 0 atom stereocenters. The molecule has 0 radical (unpaired) electrons. The SMILES string of the molecule is Nc1ncc(-c2cnn(C3CCNCC3)c2)c2cc(-c3cccc4c3oc3ccccc34)oc12. The molecule has 0 saturated carbocycles. The molecule has 1 fully saturated rings. The van der Waals surface area contributed by atoms with Crippen molar-refractivity contribution in [2.45, 2.75) is 18.9 Å². The Hall–Kier alpha value is -4.10. The molecule has 168 valence electrons. The number of pyridine rings is 1. The summed E-state index contributed by atoms with van der Waals surface area (Å²) >= 11 is 0. The van der Waals surface area contributed by atoms with Crippen LogP contribution in [0.1, 0.15) is 18.9 Å². The van der Waals surface area contributed by atoms with Crippen LogP contribution in [-0.4, -0.2) is 27.9 Å². The second kappa shape index (κ2) is 7.46. The minimum absolute atomic E-state index is 0.368. The van der Waals surface area contributed by atoms with Crippen LogP contribution in [0.3, 0.4) is 0 Å². The first-order valence-corrected chi connectivity index (χ1v) is 11.6. The molecular weight excluding hydrogens is 426 g/mol. The second-order valence-electron chi connectivity index (χ2n) is 8.88. The van der Waals surface area contributed by atoms with Crippen molar-refractivity contribution in [3.63, 3.8) is 0 Å². The van der Waals surface area contributed by atoms with Crippen LogP contribution in [0.4, 0.5) is 5.82 Å². The van der Waals surface area contributed by atoms with Crippen molar-refractivity contribution < 1.29 is 8.83 Å². The summed E-state index contributed by atoms with van der Waals surface area (Å²) in [5.41, 5.74) is 11.3. The van der Waals surface area contributed by atoms with Gasteiger partial charge in [-0.2, -0.15) is 5.10 Å². The fourth-order valence-corrected chi connectivity index (χ4v) is 5.10. The Balaban J connectivity index is 1.37. The number of hydrogen-bond acceptors (Lipinski definition) is 6. The highest BCUT2D eigenvalue weighted by Crippen LogP contribution is 2.40. The van der Waals surface area contributed by atoms with Gasteiger partial charge in [0.15, 0.2) is 11.4 Å². The van der Waals surface area contributed by atoms with Gasteiger partial charge < -0.3 is 19.9 Å². The summed E-state index contributed by atoms with van der Waals surface area (Å²) < 4.78 is 14.6. The van der Waals surface area contributed by atoms with E-state index < -0.39 is 0 Å². The molecule has 5 heterocycles. The molecule has 7 rings (SSSR count). The van der Waals surface area contributed by atoms with Gasteiger partial charge in [0.05, 0.1) is 17.8 Å². The number of hydrogen-bond donors (Lipinski definition) is 2. The summed E-state index contributed by atoms with van der Waals surface area (Å²) in [7, 11) is 0. The highest BCUT2D eigenvalue weighted by Gasteiger charge is 2.20. The number of furan rings is 2. The average molecular weight is 450 g/mol. The number of para-hydroxylation sites is 2. The van der Waals surface area contributed by atoms with Crippen molar-refractivity contribution in [1.82, 2.24) is 20.1 Å². The Morgan fingerprint density at radius 1 is 0.882 bits per heavy atom. The van der Waals surface area contributed by atoms with Crippen LogP contribution in [0.2, 0.25) is 0 Å². The lowest BCUT2D eigenvalue weighted by atomic mass is 10.0. The van der Waals surface area contributed by atoms with Gasteiger partial charge >= 0.3 is 0 Å². The fraction of sp³-hybridized carbons (Fsp3) is 0.185. The topological polar surface area (TPSA) is 95.0 Å². The largest absolute Gasteiger partial charge is 0.455 e. The molecule has 1 aliphatic rings. The molecule has 34 heavy (non-hydrogen) atoms. The first-order chi connectivity index (χ1) is 16.8. The molecule has 2 aromatic carbocycles. The summed E-state index contributed by atoms with van der Waals surface area (Å²) in [6, 6.07) is 16.6. The number of piperidine rings is 1. The van der Waals surface area contributed by atoms with E-state index in [0.717, 1.165) is 69.9 Å². The molecule has 0 unspecified atom stereocenters. The first-order valence-electron chi connectivity index (χ1n) is 11.6. The molecule has 4 aromatic heterocycles. The Morgan fingerprint density at radius 3 is 2.65 bits per heavy atom. The first kappa shape index (κ1) is 19.4. The fourth-order valence-electron chi connectivity index (χ4n) is 5.10. The standard InChI is InChI=1S/C27H23N5O2/c28-27-26-21(22(14-30-27)16-13-31-32(15-16)17-8-10-29-11-9-17)12-24(34-26)20-6-3-5-19-18-4-1-2-7-23(18)33-25(19)20/h1-7,12-15,17,29H,8-11H2,(H2,28,30). The van der Waals surface area contributed by atoms with Crippen molar-refractivity contribution in [2.75, 3.05) is 18.8 Å². The van der Waals surface area contributed by atoms with Crippen LogP contribution < -0.4 is 11.1 Å². The van der Waals surface area contributed by atoms with Gasteiger partial charge in [0.1, 0.15) is 16.9 Å². The van der Waals surface area contributed by atoms with Gasteiger partial charge in [-0.3, -0.25) is 4.68 Å². The molecule has 1 aliphatic heterocycles. The number of nitrogens with one attached hydrogen (secondary N) is 1. The van der Waals surface area contributed by atoms with E-state index in [9.17, 15) is 0 Å². The lowest BCUT2D eigenvalue weighted by molar-refractivity contribution is 0.343. The highest BCUT2D eigenvalue weighted by atomic mass is 16.3. The van der Waals surface area contributed by atoms with Crippen LogP contribution >= 0.6 is 0 Å². The summed E-state index contributed by atoms with van der Waals surface area (Å²) in [4.78, 5) is 4.42. The predicted octanol–water partition coefficient (Wildman–Crippen LogP) is 5.76. The number of fused-ring (bicyclic) bond motifs is 4. The zero-order chi connectivity index (χ0) is 22.6. The number of nitrogens with two attached hydrogens (primary N) is 1. The van der Waals surface area contributed by atoms with Crippen molar-refractivity contribution >= 4 is 38.7 Å². The zero-order valence-electron chi connectivity index (χ0n) is 18.5. The monoisotopic (exact) mass is 449 g/mol. The lowest BCUT2D eigenvalue weighted by Gasteiger charge is -2.22. The molecule has 0 bridgehead atoms. The van der Waals surface area contributed by atoms with Crippen molar-refractivity contribution in [1.29, 1.82) is 0 Å². The van der Waals surface area contributed by atoms with E-state index in [1.54, 1.807) is 0 Å². The van der Waals surface area contributed by atoms with E-state index >= 15 is 0 Å². The predicted molar refractivity (Wildman–Crippen MR) is 133 cm³/mol. The van der Waals surface area contributed by atoms with Crippen molar-refractivity contribution in [2.24, 2.45) is 0 Å². The zero-order valence-corrected chi connectivity index (χ0v) is 18.5. The van der Waals surface area contributed by atoms with Gasteiger partial charge in [-0.25, -0.2) is 4.98 Å². The Morgan fingerprint density at radius 2 is 1.74 bits per heavy atom. The summed E-state index contributed by atoms with van der Waals surface area (Å²) in [6.07, 6.45) is 7.97. The number of anilines is 1. The molecule has 1 saturated heterocycles. The van der Waals surface area contributed by atoms with Crippen LogP contribution in [0.5, 0.6) is 0 Å². The molecule has 0 amide bonds. The Labute approximate surface area is 195 Å². The van der Waals surface area contributed by atoms with E-state index in [2.05, 4.69) is 38.4 Å². The van der Waals surface area contributed by atoms with Gasteiger partial charge in [-0.1, -0.05) is 30.3 Å². The van der Waals surface area contributed by atoms with E-state index in [4.69, 9.17) is 14.6 Å².